The molecule has 7 nitrogen and oxygen atoms in total. The topological polar surface area (TPSA) is 88.3 Å². The molecule has 1 fully saturated rings. The first kappa shape index (κ1) is 17.0. The molecule has 24 heavy (non-hydrogen) atoms. The molecule has 0 saturated carbocycles. The van der Waals surface area contributed by atoms with Crippen LogP contribution in [0.15, 0.2) is 28.8 Å². The van der Waals surface area contributed by atoms with Gasteiger partial charge in [-0.15, -0.1) is 0 Å². The van der Waals surface area contributed by atoms with Gasteiger partial charge >= 0.3 is 0 Å². The first-order chi connectivity index (χ1) is 11.5. The van der Waals surface area contributed by atoms with Crippen molar-refractivity contribution in [3.05, 3.63) is 35.9 Å². The van der Waals surface area contributed by atoms with Gasteiger partial charge in [0, 0.05) is 18.7 Å². The largest absolute Gasteiger partial charge is 0.334 e. The number of nitrogens with one attached hydrogen (secondary N) is 1. The number of nitrogens with zero attached hydrogens (tertiary/aromatic N) is 3. The molecule has 1 N–H and O–H groups in total. The van der Waals surface area contributed by atoms with Crippen LogP contribution in [-0.2, 0) is 16.8 Å². The average molecular weight is 354 g/mol. The molecule has 2 heterocycles. The molecular formula is C15H19FN4O3S. The third-order valence-corrected chi connectivity index (χ3v) is 5.41. The summed E-state index contributed by atoms with van der Waals surface area (Å²) in [6, 6.07) is 5.77. The van der Waals surface area contributed by atoms with Crippen molar-refractivity contribution in [3.8, 4) is 11.5 Å². The van der Waals surface area contributed by atoms with Crippen molar-refractivity contribution in [3.63, 3.8) is 0 Å². The van der Waals surface area contributed by atoms with Gasteiger partial charge < -0.3 is 4.52 Å². The Labute approximate surface area is 140 Å². The fourth-order valence-electron chi connectivity index (χ4n) is 2.59. The van der Waals surface area contributed by atoms with E-state index in [2.05, 4.69) is 14.9 Å². The van der Waals surface area contributed by atoms with Crippen LogP contribution in [0, 0.1) is 5.82 Å². The molecule has 9 heteroatoms. The monoisotopic (exact) mass is 354 g/mol. The maximum Gasteiger partial charge on any atom is 0.279 e. The first-order valence-electron chi connectivity index (χ1n) is 7.88. The number of rotatable bonds is 5. The second kappa shape index (κ2) is 7.37. The molecule has 1 aromatic heterocycles. The Balaban J connectivity index is 1.64. The maximum absolute atomic E-state index is 13.2. The Kier molecular flexibility index (Phi) is 5.22. The van der Waals surface area contributed by atoms with E-state index in [1.165, 1.54) is 22.5 Å². The third kappa shape index (κ3) is 4.16. The Morgan fingerprint density at radius 2 is 1.96 bits per heavy atom. The Morgan fingerprint density at radius 3 is 2.67 bits per heavy atom. The van der Waals surface area contributed by atoms with Gasteiger partial charge in [-0.25, -0.2) is 4.39 Å². The van der Waals surface area contributed by atoms with Crippen molar-refractivity contribution < 1.29 is 17.3 Å². The van der Waals surface area contributed by atoms with Crippen LogP contribution in [0.2, 0.25) is 0 Å². The molecule has 0 bridgehead atoms. The highest BCUT2D eigenvalue weighted by Gasteiger charge is 2.23. The summed E-state index contributed by atoms with van der Waals surface area (Å²) in [5, 5.41) is 3.73. The minimum atomic E-state index is -3.57. The van der Waals surface area contributed by atoms with Gasteiger partial charge in [-0.05, 0) is 31.0 Å². The number of hydrogen-bond acceptors (Lipinski definition) is 5. The van der Waals surface area contributed by atoms with Gasteiger partial charge in [0.05, 0.1) is 6.54 Å². The van der Waals surface area contributed by atoms with Crippen LogP contribution in [-0.4, -0.2) is 36.0 Å². The Morgan fingerprint density at radius 1 is 1.21 bits per heavy atom. The predicted octanol–water partition coefficient (Wildman–Crippen LogP) is 2.09. The second-order valence-corrected chi connectivity index (χ2v) is 7.42. The fraction of sp³-hybridized carbons (Fsp3) is 0.467. The highest BCUT2D eigenvalue weighted by Crippen LogP contribution is 2.18. The normalized spacial score (nSPS) is 16.9. The SMILES string of the molecule is O=S(=O)(NCc1noc(-c2cccc(F)c2)n1)N1CCCCCC1. The molecule has 0 atom stereocenters. The number of halogens is 1. The van der Waals surface area contributed by atoms with E-state index in [1.807, 2.05) is 0 Å². The summed E-state index contributed by atoms with van der Waals surface area (Å²) >= 11 is 0. The minimum absolute atomic E-state index is 0.0718. The van der Waals surface area contributed by atoms with E-state index >= 15 is 0 Å². The molecule has 0 aliphatic carbocycles. The second-order valence-electron chi connectivity index (χ2n) is 5.67. The average Bonchev–Trinajstić information content (AvgIpc) is 2.86. The van der Waals surface area contributed by atoms with E-state index in [0.717, 1.165) is 25.7 Å². The lowest BCUT2D eigenvalue weighted by Crippen LogP contribution is -2.41. The summed E-state index contributed by atoms with van der Waals surface area (Å²) < 4.78 is 46.8. The predicted molar refractivity (Wildman–Crippen MR) is 85.5 cm³/mol. The first-order valence-corrected chi connectivity index (χ1v) is 9.32. The van der Waals surface area contributed by atoms with Gasteiger partial charge in [0.25, 0.3) is 16.1 Å². The Bertz CT molecular complexity index is 786. The molecule has 2 aromatic rings. The molecule has 1 saturated heterocycles. The molecular weight excluding hydrogens is 335 g/mol. The third-order valence-electron chi connectivity index (χ3n) is 3.86. The molecule has 130 valence electrons. The highest BCUT2D eigenvalue weighted by molar-refractivity contribution is 7.87. The molecule has 0 radical (unpaired) electrons. The van der Waals surface area contributed by atoms with Gasteiger partial charge in [0.15, 0.2) is 5.82 Å². The highest BCUT2D eigenvalue weighted by atomic mass is 32.2. The van der Waals surface area contributed by atoms with Gasteiger partial charge in [-0.3, -0.25) is 0 Å². The van der Waals surface area contributed by atoms with E-state index in [0.29, 0.717) is 18.7 Å². The number of aromatic nitrogens is 2. The van der Waals surface area contributed by atoms with Crippen LogP contribution in [0.3, 0.4) is 0 Å². The summed E-state index contributed by atoms with van der Waals surface area (Å²) in [5.41, 5.74) is 0.448. The molecule has 0 amide bonds. The Hall–Kier alpha value is -1.84. The maximum atomic E-state index is 13.2. The van der Waals surface area contributed by atoms with Crippen molar-refractivity contribution in [2.24, 2.45) is 0 Å². The summed E-state index contributed by atoms with van der Waals surface area (Å²) in [7, 11) is -3.57. The minimum Gasteiger partial charge on any atom is -0.334 e. The summed E-state index contributed by atoms with van der Waals surface area (Å²) in [6.07, 6.45) is 3.83. The number of benzene rings is 1. The van der Waals surface area contributed by atoms with Crippen molar-refractivity contribution in [2.45, 2.75) is 32.2 Å². The summed E-state index contributed by atoms with van der Waals surface area (Å²) in [6.45, 7) is 0.976. The molecule has 1 aromatic carbocycles. The zero-order chi connectivity index (χ0) is 17.0. The fourth-order valence-corrected chi connectivity index (χ4v) is 3.83. The zero-order valence-electron chi connectivity index (χ0n) is 13.1. The molecule has 3 rings (SSSR count). The van der Waals surface area contributed by atoms with Gasteiger partial charge in [-0.1, -0.05) is 24.1 Å². The van der Waals surface area contributed by atoms with E-state index < -0.39 is 16.0 Å². The molecule has 0 unspecified atom stereocenters. The van der Waals surface area contributed by atoms with Crippen molar-refractivity contribution >= 4 is 10.2 Å². The van der Waals surface area contributed by atoms with Crippen LogP contribution in [0.1, 0.15) is 31.5 Å². The quantitative estimate of drug-likeness (QED) is 0.888. The van der Waals surface area contributed by atoms with Gasteiger partial charge in [0.1, 0.15) is 5.82 Å². The standard InChI is InChI=1S/C15H19FN4O3S/c16-13-7-5-6-12(10-13)15-18-14(19-23-15)11-17-24(21,22)20-8-3-1-2-4-9-20/h5-7,10,17H,1-4,8-9,11H2. The summed E-state index contributed by atoms with van der Waals surface area (Å²) in [4.78, 5) is 4.10. The van der Waals surface area contributed by atoms with Crippen LogP contribution in [0.5, 0.6) is 0 Å². The van der Waals surface area contributed by atoms with E-state index in [9.17, 15) is 12.8 Å². The van der Waals surface area contributed by atoms with Gasteiger partial charge in [-0.2, -0.15) is 22.4 Å². The van der Waals surface area contributed by atoms with Crippen LogP contribution >= 0.6 is 0 Å². The molecule has 1 aliphatic rings. The van der Waals surface area contributed by atoms with Crippen LogP contribution in [0.25, 0.3) is 11.5 Å². The lowest BCUT2D eigenvalue weighted by atomic mass is 10.2. The smallest absolute Gasteiger partial charge is 0.279 e. The summed E-state index contributed by atoms with van der Waals surface area (Å²) in [5.74, 6) is -0.0553. The van der Waals surface area contributed by atoms with Crippen LogP contribution < -0.4 is 4.72 Å². The molecule has 0 spiro atoms. The lowest BCUT2D eigenvalue weighted by Gasteiger charge is -2.19. The van der Waals surface area contributed by atoms with Crippen molar-refractivity contribution in [1.82, 2.24) is 19.2 Å². The van der Waals surface area contributed by atoms with Gasteiger partial charge in [0.2, 0.25) is 0 Å². The van der Waals surface area contributed by atoms with E-state index in [1.54, 1.807) is 6.07 Å². The van der Waals surface area contributed by atoms with Crippen molar-refractivity contribution in [2.75, 3.05) is 13.1 Å². The van der Waals surface area contributed by atoms with Crippen molar-refractivity contribution in [1.29, 1.82) is 0 Å². The number of hydrogen-bond donors (Lipinski definition) is 1. The lowest BCUT2D eigenvalue weighted by molar-refractivity contribution is 0.408. The van der Waals surface area contributed by atoms with Crippen LogP contribution in [0.4, 0.5) is 4.39 Å². The zero-order valence-corrected chi connectivity index (χ0v) is 13.9. The van der Waals surface area contributed by atoms with E-state index in [-0.39, 0.29) is 18.3 Å². The van der Waals surface area contributed by atoms with E-state index in [4.69, 9.17) is 4.52 Å². The molecule has 1 aliphatic heterocycles.